The number of halogens is 1. The van der Waals surface area contributed by atoms with E-state index in [1.807, 2.05) is 31.2 Å². The Morgan fingerprint density at radius 1 is 1.13 bits per heavy atom. The zero-order valence-corrected chi connectivity index (χ0v) is 16.2. The molecule has 1 aromatic heterocycles. The quantitative estimate of drug-likeness (QED) is 0.594. The Morgan fingerprint density at radius 3 is 2.53 bits per heavy atom. The van der Waals surface area contributed by atoms with E-state index >= 15 is 0 Å². The van der Waals surface area contributed by atoms with Crippen LogP contribution in [-0.2, 0) is 9.53 Å². The first kappa shape index (κ1) is 19.6. The summed E-state index contributed by atoms with van der Waals surface area (Å²) < 4.78 is 23.6. The van der Waals surface area contributed by atoms with Crippen LogP contribution in [0.3, 0.4) is 0 Å². The number of benzene rings is 2. The second kappa shape index (κ2) is 8.32. The number of esters is 1. The summed E-state index contributed by atoms with van der Waals surface area (Å²) in [6.07, 6.45) is 2.02. The molecule has 0 bridgehead atoms. The Bertz CT molecular complexity index is 1070. The van der Waals surface area contributed by atoms with Gasteiger partial charge in [0.2, 0.25) is 0 Å². The van der Waals surface area contributed by atoms with Gasteiger partial charge in [0.25, 0.3) is 5.91 Å². The van der Waals surface area contributed by atoms with E-state index in [2.05, 4.69) is 5.10 Å². The lowest BCUT2D eigenvalue weighted by Gasteiger charge is -2.19. The summed E-state index contributed by atoms with van der Waals surface area (Å²) in [7, 11) is 0. The summed E-state index contributed by atoms with van der Waals surface area (Å²) in [5.41, 5.74) is 2.95. The first-order valence-electron chi connectivity index (χ1n) is 9.44. The molecule has 152 valence electrons. The average Bonchev–Trinajstić information content (AvgIpc) is 3.43. The fourth-order valence-electron chi connectivity index (χ4n) is 3.23. The van der Waals surface area contributed by atoms with Gasteiger partial charge in [0.15, 0.2) is 6.61 Å². The van der Waals surface area contributed by atoms with Crippen LogP contribution in [0.25, 0.3) is 0 Å². The van der Waals surface area contributed by atoms with E-state index in [9.17, 15) is 14.0 Å². The van der Waals surface area contributed by atoms with Crippen molar-refractivity contribution in [3.63, 3.8) is 0 Å². The minimum absolute atomic E-state index is 0.164. The number of furan rings is 1. The van der Waals surface area contributed by atoms with Gasteiger partial charge in [-0.3, -0.25) is 4.79 Å². The average molecular weight is 406 g/mol. The maximum Gasteiger partial charge on any atom is 0.338 e. The predicted molar refractivity (Wildman–Crippen MR) is 107 cm³/mol. The monoisotopic (exact) mass is 406 g/mol. The molecule has 0 spiro atoms. The highest BCUT2D eigenvalue weighted by molar-refractivity contribution is 6.03. The highest BCUT2D eigenvalue weighted by Crippen LogP contribution is 2.33. The van der Waals surface area contributed by atoms with Crippen molar-refractivity contribution < 1.29 is 23.1 Å². The second-order valence-corrected chi connectivity index (χ2v) is 6.97. The molecule has 4 rings (SSSR count). The number of carbonyl (C=O) groups excluding carboxylic acids is 2. The summed E-state index contributed by atoms with van der Waals surface area (Å²) >= 11 is 0. The van der Waals surface area contributed by atoms with Gasteiger partial charge in [-0.15, -0.1) is 0 Å². The summed E-state index contributed by atoms with van der Waals surface area (Å²) in [4.78, 5) is 24.9. The van der Waals surface area contributed by atoms with Crippen LogP contribution < -0.4 is 0 Å². The summed E-state index contributed by atoms with van der Waals surface area (Å²) in [6.45, 7) is 1.51. The molecule has 0 fully saturated rings. The number of amides is 1. The van der Waals surface area contributed by atoms with Crippen LogP contribution in [0.2, 0.25) is 0 Å². The van der Waals surface area contributed by atoms with Crippen LogP contribution in [0.4, 0.5) is 4.39 Å². The third-order valence-electron chi connectivity index (χ3n) is 4.83. The number of ether oxygens (including phenoxy) is 1. The molecule has 1 amide bonds. The molecule has 1 aliphatic heterocycles. The van der Waals surface area contributed by atoms with Crippen LogP contribution in [-0.4, -0.2) is 29.2 Å². The zero-order chi connectivity index (χ0) is 21.1. The van der Waals surface area contributed by atoms with Crippen molar-refractivity contribution in [1.29, 1.82) is 0 Å². The number of carbonyl (C=O) groups is 2. The Morgan fingerprint density at radius 2 is 1.87 bits per heavy atom. The largest absolute Gasteiger partial charge is 0.467 e. The lowest BCUT2D eigenvalue weighted by Crippen LogP contribution is -2.31. The molecular weight excluding hydrogens is 387 g/mol. The van der Waals surface area contributed by atoms with Gasteiger partial charge in [-0.2, -0.15) is 5.10 Å². The van der Waals surface area contributed by atoms with Gasteiger partial charge >= 0.3 is 5.97 Å². The summed E-state index contributed by atoms with van der Waals surface area (Å²) in [5, 5.41) is 5.78. The molecule has 0 aliphatic carbocycles. The molecule has 0 N–H and O–H groups in total. The Labute approximate surface area is 172 Å². The molecular formula is C23H19FN2O4. The first-order chi connectivity index (χ1) is 14.5. The van der Waals surface area contributed by atoms with Crippen molar-refractivity contribution >= 4 is 17.6 Å². The van der Waals surface area contributed by atoms with E-state index in [1.54, 1.807) is 12.1 Å². The Kier molecular flexibility index (Phi) is 5.43. The van der Waals surface area contributed by atoms with E-state index < -0.39 is 30.3 Å². The Balaban J connectivity index is 1.50. The minimum Gasteiger partial charge on any atom is -0.467 e. The van der Waals surface area contributed by atoms with Crippen molar-refractivity contribution in [1.82, 2.24) is 5.01 Å². The summed E-state index contributed by atoms with van der Waals surface area (Å²) in [5.74, 6) is -1.05. The van der Waals surface area contributed by atoms with Gasteiger partial charge < -0.3 is 9.15 Å². The maximum atomic E-state index is 13.0. The lowest BCUT2D eigenvalue weighted by molar-refractivity contribution is -0.136. The smallest absolute Gasteiger partial charge is 0.338 e. The molecule has 1 atom stereocenters. The third kappa shape index (κ3) is 4.15. The second-order valence-electron chi connectivity index (χ2n) is 6.97. The van der Waals surface area contributed by atoms with E-state index in [0.29, 0.717) is 12.2 Å². The van der Waals surface area contributed by atoms with Crippen molar-refractivity contribution in [2.24, 2.45) is 5.10 Å². The normalized spacial score (nSPS) is 15.7. The van der Waals surface area contributed by atoms with Crippen molar-refractivity contribution in [3.05, 3.63) is 95.2 Å². The zero-order valence-electron chi connectivity index (χ0n) is 16.2. The van der Waals surface area contributed by atoms with Crippen molar-refractivity contribution in [3.8, 4) is 0 Å². The lowest BCUT2D eigenvalue weighted by atomic mass is 10.0. The molecule has 0 radical (unpaired) electrons. The van der Waals surface area contributed by atoms with Gasteiger partial charge in [-0.25, -0.2) is 14.2 Å². The molecule has 1 unspecified atom stereocenters. The van der Waals surface area contributed by atoms with E-state index in [4.69, 9.17) is 9.15 Å². The topological polar surface area (TPSA) is 72.1 Å². The van der Waals surface area contributed by atoms with Crippen LogP contribution in [0, 0.1) is 12.7 Å². The number of hydrazone groups is 1. The van der Waals surface area contributed by atoms with Gasteiger partial charge in [-0.05, 0) is 48.9 Å². The van der Waals surface area contributed by atoms with E-state index in [-0.39, 0.29) is 5.56 Å². The fraction of sp³-hybridized carbons (Fsp3) is 0.174. The molecule has 0 saturated heterocycles. The predicted octanol–water partition coefficient (Wildman–Crippen LogP) is 4.26. The van der Waals surface area contributed by atoms with Crippen molar-refractivity contribution in [2.75, 3.05) is 6.61 Å². The number of rotatable bonds is 5. The number of hydrogen-bond acceptors (Lipinski definition) is 5. The van der Waals surface area contributed by atoms with Gasteiger partial charge in [0.1, 0.15) is 17.6 Å². The molecule has 30 heavy (non-hydrogen) atoms. The van der Waals surface area contributed by atoms with E-state index in [0.717, 1.165) is 29.0 Å². The molecule has 2 aromatic carbocycles. The van der Waals surface area contributed by atoms with Gasteiger partial charge in [0.05, 0.1) is 17.5 Å². The fourth-order valence-corrected chi connectivity index (χ4v) is 3.23. The molecule has 7 heteroatoms. The van der Waals surface area contributed by atoms with Gasteiger partial charge in [0, 0.05) is 6.42 Å². The number of aryl methyl sites for hydroxylation is 1. The van der Waals surface area contributed by atoms with Crippen LogP contribution >= 0.6 is 0 Å². The van der Waals surface area contributed by atoms with Crippen LogP contribution in [0.1, 0.15) is 39.7 Å². The molecule has 6 nitrogen and oxygen atoms in total. The standard InChI is InChI=1S/C23H19FN2O4/c1-15-4-6-16(7-5-15)19-13-20(21-3-2-12-29-21)26(25-19)22(27)14-30-23(28)17-8-10-18(24)11-9-17/h2-12,20H,13-14H2,1H3. The Hall–Kier alpha value is -3.74. The highest BCUT2D eigenvalue weighted by Gasteiger charge is 2.35. The number of nitrogens with zero attached hydrogens (tertiary/aromatic N) is 2. The van der Waals surface area contributed by atoms with Crippen LogP contribution in [0.5, 0.6) is 0 Å². The molecule has 1 aliphatic rings. The molecule has 3 aromatic rings. The maximum absolute atomic E-state index is 13.0. The first-order valence-corrected chi connectivity index (χ1v) is 9.44. The third-order valence-corrected chi connectivity index (χ3v) is 4.83. The minimum atomic E-state index is -0.708. The number of hydrogen-bond donors (Lipinski definition) is 0. The SMILES string of the molecule is Cc1ccc(C2=NN(C(=O)COC(=O)c3ccc(F)cc3)C(c3ccco3)C2)cc1. The highest BCUT2D eigenvalue weighted by atomic mass is 19.1. The van der Waals surface area contributed by atoms with Crippen molar-refractivity contribution in [2.45, 2.75) is 19.4 Å². The van der Waals surface area contributed by atoms with Crippen LogP contribution in [0.15, 0.2) is 76.4 Å². The summed E-state index contributed by atoms with van der Waals surface area (Å²) in [6, 6.07) is 15.9. The molecule has 2 heterocycles. The van der Waals surface area contributed by atoms with E-state index in [1.165, 1.54) is 23.4 Å². The molecule has 0 saturated carbocycles. The van der Waals surface area contributed by atoms with Gasteiger partial charge in [-0.1, -0.05) is 29.8 Å².